The molecular weight excluding hydrogens is 286 g/mol. The molecule has 4 nitrogen and oxygen atoms in total. The number of likely N-dealkylation sites (tertiary alicyclic amines) is 1. The van der Waals surface area contributed by atoms with Gasteiger partial charge < -0.3 is 9.47 Å². The Kier molecular flexibility index (Phi) is 3.89. The van der Waals surface area contributed by atoms with Crippen LogP contribution in [0.2, 0.25) is 0 Å². The van der Waals surface area contributed by atoms with Crippen LogP contribution in [0.1, 0.15) is 37.2 Å². The van der Waals surface area contributed by atoms with Crippen molar-refractivity contribution in [2.24, 2.45) is 0 Å². The number of alkyl halides is 1. The first-order valence-electron chi connectivity index (χ1n) is 7.44. The Balaban J connectivity index is 2.07. The lowest BCUT2D eigenvalue weighted by molar-refractivity contribution is -0.133. The normalized spacial score (nSPS) is 16.6. The summed E-state index contributed by atoms with van der Waals surface area (Å²) in [6, 6.07) is 5.75. The van der Waals surface area contributed by atoms with Gasteiger partial charge >= 0.3 is 0 Å². The number of aryl methyl sites for hydroxylation is 1. The topological polar surface area (TPSA) is 38.1 Å². The van der Waals surface area contributed by atoms with Gasteiger partial charge in [-0.05, 0) is 38.3 Å². The molecule has 2 heterocycles. The molecule has 1 aliphatic heterocycles. The van der Waals surface area contributed by atoms with Gasteiger partial charge in [0.15, 0.2) is 0 Å². The number of para-hydroxylation sites is 1. The fraction of sp³-hybridized carbons (Fsp3) is 0.500. The second-order valence-electron chi connectivity index (χ2n) is 5.68. The number of aromatic nitrogens is 2. The Morgan fingerprint density at radius 2 is 2.10 bits per heavy atom. The summed E-state index contributed by atoms with van der Waals surface area (Å²) >= 11 is 6.06. The molecule has 112 valence electrons. The molecule has 0 spiro atoms. The molecule has 1 aromatic heterocycles. The molecule has 1 unspecified atom stereocenters. The number of carbonyl (C=O) groups excluding carboxylic acids is 1. The van der Waals surface area contributed by atoms with Crippen LogP contribution in [-0.2, 0) is 10.7 Å². The molecular formula is C16H20ClN3O. The summed E-state index contributed by atoms with van der Waals surface area (Å²) in [7, 11) is 0. The summed E-state index contributed by atoms with van der Waals surface area (Å²) in [4.78, 5) is 19.2. The third-order valence-electron chi connectivity index (χ3n) is 4.27. The lowest BCUT2D eigenvalue weighted by Crippen LogP contribution is -2.34. The predicted octanol–water partition coefficient (Wildman–Crippen LogP) is 3.27. The second kappa shape index (κ2) is 5.68. The van der Waals surface area contributed by atoms with E-state index in [9.17, 15) is 4.79 Å². The maximum absolute atomic E-state index is 12.7. The molecule has 5 heteroatoms. The van der Waals surface area contributed by atoms with Crippen molar-refractivity contribution in [1.29, 1.82) is 0 Å². The first-order chi connectivity index (χ1) is 10.1. The highest BCUT2D eigenvalue weighted by Crippen LogP contribution is 2.27. The molecule has 0 N–H and O–H groups in total. The van der Waals surface area contributed by atoms with E-state index in [1.165, 1.54) is 0 Å². The van der Waals surface area contributed by atoms with Crippen LogP contribution >= 0.6 is 11.6 Å². The SMILES string of the molecule is Cc1cccc2nc(CCl)n(C(C)C(=O)N3CCCC3)c12. The first-order valence-corrected chi connectivity index (χ1v) is 7.98. The van der Waals surface area contributed by atoms with Gasteiger partial charge in [-0.15, -0.1) is 11.6 Å². The van der Waals surface area contributed by atoms with Crippen molar-refractivity contribution >= 4 is 28.5 Å². The van der Waals surface area contributed by atoms with Crippen LogP contribution in [0.25, 0.3) is 11.0 Å². The van der Waals surface area contributed by atoms with Crippen molar-refractivity contribution in [3.63, 3.8) is 0 Å². The summed E-state index contributed by atoms with van der Waals surface area (Å²) < 4.78 is 2.01. The van der Waals surface area contributed by atoms with Crippen molar-refractivity contribution in [3.8, 4) is 0 Å². The number of fused-ring (bicyclic) bond motifs is 1. The average molecular weight is 306 g/mol. The quantitative estimate of drug-likeness (QED) is 0.816. The molecule has 1 saturated heterocycles. The van der Waals surface area contributed by atoms with Crippen molar-refractivity contribution in [2.45, 2.75) is 38.6 Å². The van der Waals surface area contributed by atoms with Crippen molar-refractivity contribution in [3.05, 3.63) is 29.6 Å². The standard InChI is InChI=1S/C16H20ClN3O/c1-11-6-5-7-13-15(11)20(14(10-17)18-13)12(2)16(21)19-8-3-4-9-19/h5-7,12H,3-4,8-10H2,1-2H3. The van der Waals surface area contributed by atoms with Gasteiger partial charge in [-0.25, -0.2) is 4.98 Å². The summed E-state index contributed by atoms with van der Waals surface area (Å²) in [5.74, 6) is 1.24. The van der Waals surface area contributed by atoms with E-state index in [1.54, 1.807) is 0 Å². The molecule has 2 aromatic rings. The first kappa shape index (κ1) is 14.4. The predicted molar refractivity (Wildman–Crippen MR) is 84.6 cm³/mol. The van der Waals surface area contributed by atoms with Gasteiger partial charge in [-0.2, -0.15) is 0 Å². The molecule has 1 atom stereocenters. The third-order valence-corrected chi connectivity index (χ3v) is 4.51. The number of nitrogens with zero attached hydrogens (tertiary/aromatic N) is 3. The minimum atomic E-state index is -0.261. The summed E-state index contributed by atoms with van der Waals surface area (Å²) in [6.07, 6.45) is 2.20. The Labute approximate surface area is 129 Å². The molecule has 21 heavy (non-hydrogen) atoms. The van der Waals surface area contributed by atoms with Gasteiger partial charge in [0.1, 0.15) is 11.9 Å². The number of rotatable bonds is 3. The number of halogens is 1. The third kappa shape index (κ3) is 2.42. The molecule has 1 fully saturated rings. The fourth-order valence-corrected chi connectivity index (χ4v) is 3.38. The van der Waals surface area contributed by atoms with E-state index in [-0.39, 0.29) is 11.9 Å². The average Bonchev–Trinajstić information content (AvgIpc) is 3.13. The van der Waals surface area contributed by atoms with Crippen LogP contribution < -0.4 is 0 Å². The molecule has 1 aromatic carbocycles. The highest BCUT2D eigenvalue weighted by molar-refractivity contribution is 6.17. The van der Waals surface area contributed by atoms with E-state index < -0.39 is 0 Å². The smallest absolute Gasteiger partial charge is 0.245 e. The van der Waals surface area contributed by atoms with Crippen LogP contribution in [-0.4, -0.2) is 33.4 Å². The lowest BCUT2D eigenvalue weighted by Gasteiger charge is -2.23. The number of hydrogen-bond donors (Lipinski definition) is 0. The Morgan fingerprint density at radius 3 is 2.76 bits per heavy atom. The van der Waals surface area contributed by atoms with E-state index >= 15 is 0 Å². The van der Waals surface area contributed by atoms with Crippen LogP contribution in [0.3, 0.4) is 0 Å². The van der Waals surface area contributed by atoms with Gasteiger partial charge in [-0.3, -0.25) is 4.79 Å². The number of carbonyl (C=O) groups is 1. The zero-order chi connectivity index (χ0) is 15.0. The molecule has 0 bridgehead atoms. The van der Waals surface area contributed by atoms with Crippen LogP contribution in [0.4, 0.5) is 0 Å². The van der Waals surface area contributed by atoms with E-state index in [0.29, 0.717) is 5.88 Å². The van der Waals surface area contributed by atoms with Crippen molar-refractivity contribution in [1.82, 2.24) is 14.5 Å². The minimum Gasteiger partial charge on any atom is -0.341 e. The number of benzene rings is 1. The van der Waals surface area contributed by atoms with Gasteiger partial charge in [0, 0.05) is 13.1 Å². The minimum absolute atomic E-state index is 0.168. The fourth-order valence-electron chi connectivity index (χ4n) is 3.19. The maximum Gasteiger partial charge on any atom is 0.245 e. The molecule has 0 aliphatic carbocycles. The largest absolute Gasteiger partial charge is 0.341 e. The molecule has 0 radical (unpaired) electrons. The summed E-state index contributed by atoms with van der Waals surface area (Å²) in [5, 5.41) is 0. The zero-order valence-electron chi connectivity index (χ0n) is 12.5. The number of hydrogen-bond acceptors (Lipinski definition) is 2. The Bertz CT molecular complexity index is 673. The summed E-state index contributed by atoms with van der Waals surface area (Å²) in [6.45, 7) is 5.73. The zero-order valence-corrected chi connectivity index (χ0v) is 13.2. The van der Waals surface area contributed by atoms with E-state index in [0.717, 1.165) is 48.4 Å². The lowest BCUT2D eigenvalue weighted by atomic mass is 10.2. The van der Waals surface area contributed by atoms with Gasteiger partial charge in [-0.1, -0.05) is 12.1 Å². The van der Waals surface area contributed by atoms with E-state index in [4.69, 9.17) is 11.6 Å². The van der Waals surface area contributed by atoms with Gasteiger partial charge in [0.2, 0.25) is 5.91 Å². The van der Waals surface area contributed by atoms with Gasteiger partial charge in [0.25, 0.3) is 0 Å². The number of imidazole rings is 1. The Hall–Kier alpha value is -1.55. The van der Waals surface area contributed by atoms with Crippen molar-refractivity contribution < 1.29 is 4.79 Å². The monoisotopic (exact) mass is 305 g/mol. The number of amides is 1. The highest BCUT2D eigenvalue weighted by atomic mass is 35.5. The van der Waals surface area contributed by atoms with E-state index in [1.807, 2.05) is 41.5 Å². The van der Waals surface area contributed by atoms with Crippen LogP contribution in [0.15, 0.2) is 18.2 Å². The van der Waals surface area contributed by atoms with E-state index in [2.05, 4.69) is 4.98 Å². The Morgan fingerprint density at radius 1 is 1.38 bits per heavy atom. The molecule has 1 aliphatic rings. The molecule has 3 rings (SSSR count). The highest BCUT2D eigenvalue weighted by Gasteiger charge is 2.27. The van der Waals surface area contributed by atoms with Crippen LogP contribution in [0.5, 0.6) is 0 Å². The van der Waals surface area contributed by atoms with Crippen molar-refractivity contribution in [2.75, 3.05) is 13.1 Å². The van der Waals surface area contributed by atoms with Crippen LogP contribution in [0, 0.1) is 6.92 Å². The molecule has 0 saturated carbocycles. The second-order valence-corrected chi connectivity index (χ2v) is 5.95. The maximum atomic E-state index is 12.7. The molecule has 1 amide bonds. The summed E-state index contributed by atoms with van der Waals surface area (Å²) in [5.41, 5.74) is 3.05. The van der Waals surface area contributed by atoms with Gasteiger partial charge in [0.05, 0.1) is 16.9 Å².